The van der Waals surface area contributed by atoms with Crippen molar-refractivity contribution in [1.29, 1.82) is 0 Å². The molecule has 0 aromatic rings. The second-order valence-electron chi connectivity index (χ2n) is 4.18. The molecule has 0 saturated heterocycles. The fourth-order valence-corrected chi connectivity index (χ4v) is 1.46. The van der Waals surface area contributed by atoms with Crippen molar-refractivity contribution in [1.82, 2.24) is 5.32 Å². The lowest BCUT2D eigenvalue weighted by Crippen LogP contribution is -2.07. The van der Waals surface area contributed by atoms with Gasteiger partial charge in [-0.1, -0.05) is 32.8 Å². The Hall–Kier alpha value is -0.460. The molecule has 0 rings (SSSR count). The molecule has 78 valence electrons. The molecule has 0 bridgehead atoms. The van der Waals surface area contributed by atoms with Crippen molar-refractivity contribution in [2.24, 2.45) is 11.8 Å². The number of hydrogen-bond donors (Lipinski definition) is 1. The van der Waals surface area contributed by atoms with Gasteiger partial charge in [0.25, 0.3) is 0 Å². The van der Waals surface area contributed by atoms with Gasteiger partial charge in [0.05, 0.1) is 0 Å². The summed E-state index contributed by atoms with van der Waals surface area (Å²) in [6.45, 7) is 9.18. The van der Waals surface area contributed by atoms with Gasteiger partial charge in [0, 0.05) is 7.05 Å². The second-order valence-corrected chi connectivity index (χ2v) is 4.18. The molecule has 2 atom stereocenters. The fraction of sp³-hybridized carbons (Fsp3) is 0.833. The first-order valence-corrected chi connectivity index (χ1v) is 5.44. The summed E-state index contributed by atoms with van der Waals surface area (Å²) >= 11 is 0. The quantitative estimate of drug-likeness (QED) is 0.664. The van der Waals surface area contributed by atoms with Crippen LogP contribution in [0.3, 0.4) is 0 Å². The first-order chi connectivity index (χ1) is 6.11. The van der Waals surface area contributed by atoms with Crippen molar-refractivity contribution in [2.45, 2.75) is 47.0 Å². The Bertz CT molecular complexity index is 149. The van der Waals surface area contributed by atoms with Crippen LogP contribution in [-0.2, 0) is 0 Å². The van der Waals surface area contributed by atoms with Gasteiger partial charge < -0.3 is 5.32 Å². The van der Waals surface area contributed by atoms with Gasteiger partial charge in [0.2, 0.25) is 0 Å². The minimum atomic E-state index is 0.852. The number of nitrogens with one attached hydrogen (secondary N) is 1. The topological polar surface area (TPSA) is 12.0 Å². The smallest absolute Gasteiger partial charge is 0.00276 e. The van der Waals surface area contributed by atoms with E-state index >= 15 is 0 Å². The van der Waals surface area contributed by atoms with Crippen molar-refractivity contribution in [3.8, 4) is 0 Å². The average Bonchev–Trinajstić information content (AvgIpc) is 2.13. The molecule has 0 fully saturated rings. The molecule has 0 spiro atoms. The number of rotatable bonds is 6. The summed E-state index contributed by atoms with van der Waals surface area (Å²) in [7, 11) is 1.96. The molecule has 0 heterocycles. The third kappa shape index (κ3) is 5.73. The summed E-state index contributed by atoms with van der Waals surface area (Å²) in [5, 5.41) is 3.07. The Labute approximate surface area is 83.6 Å². The minimum absolute atomic E-state index is 0.852. The SMILES string of the molecule is CCC(C)C(C)CC/C(C)=C/NC. The van der Waals surface area contributed by atoms with Gasteiger partial charge in [-0.15, -0.1) is 0 Å². The van der Waals surface area contributed by atoms with Gasteiger partial charge in [-0.3, -0.25) is 0 Å². The van der Waals surface area contributed by atoms with Gasteiger partial charge in [-0.05, 0) is 37.8 Å². The minimum Gasteiger partial charge on any atom is -0.394 e. The summed E-state index contributed by atoms with van der Waals surface area (Å²) in [6.07, 6.45) is 5.95. The first-order valence-electron chi connectivity index (χ1n) is 5.44. The molecule has 0 aromatic carbocycles. The predicted octanol–water partition coefficient (Wildman–Crippen LogP) is 3.57. The Morgan fingerprint density at radius 1 is 1.31 bits per heavy atom. The maximum absolute atomic E-state index is 3.07. The maximum Gasteiger partial charge on any atom is 0.00276 e. The third-order valence-electron chi connectivity index (χ3n) is 3.00. The van der Waals surface area contributed by atoms with Crippen LogP contribution in [0.5, 0.6) is 0 Å². The highest BCUT2D eigenvalue weighted by Gasteiger charge is 2.09. The molecular weight excluding hydrogens is 158 g/mol. The van der Waals surface area contributed by atoms with E-state index in [2.05, 4.69) is 39.2 Å². The molecule has 13 heavy (non-hydrogen) atoms. The Kier molecular flexibility index (Phi) is 6.75. The molecular formula is C12H25N. The van der Waals surface area contributed by atoms with Gasteiger partial charge in [-0.2, -0.15) is 0 Å². The normalized spacial score (nSPS) is 16.8. The van der Waals surface area contributed by atoms with E-state index in [1.54, 1.807) is 0 Å². The Morgan fingerprint density at radius 3 is 2.38 bits per heavy atom. The Morgan fingerprint density at radius 2 is 1.92 bits per heavy atom. The van der Waals surface area contributed by atoms with Gasteiger partial charge in [-0.25, -0.2) is 0 Å². The van der Waals surface area contributed by atoms with Gasteiger partial charge >= 0.3 is 0 Å². The van der Waals surface area contributed by atoms with Crippen LogP contribution in [0.25, 0.3) is 0 Å². The fourth-order valence-electron chi connectivity index (χ4n) is 1.46. The molecule has 1 N–H and O–H groups in total. The van der Waals surface area contributed by atoms with Crippen molar-refractivity contribution in [3.05, 3.63) is 11.8 Å². The summed E-state index contributed by atoms with van der Waals surface area (Å²) < 4.78 is 0. The maximum atomic E-state index is 3.07. The van der Waals surface area contributed by atoms with E-state index in [9.17, 15) is 0 Å². The van der Waals surface area contributed by atoms with E-state index in [-0.39, 0.29) is 0 Å². The lowest BCUT2D eigenvalue weighted by molar-refractivity contribution is 0.355. The van der Waals surface area contributed by atoms with Crippen molar-refractivity contribution in [3.63, 3.8) is 0 Å². The molecule has 0 aliphatic rings. The van der Waals surface area contributed by atoms with Crippen LogP contribution < -0.4 is 5.32 Å². The summed E-state index contributed by atoms with van der Waals surface area (Å²) in [5.74, 6) is 1.72. The van der Waals surface area contributed by atoms with E-state index in [0.29, 0.717) is 0 Å². The van der Waals surface area contributed by atoms with Gasteiger partial charge in [0.1, 0.15) is 0 Å². The Balaban J connectivity index is 3.69. The van der Waals surface area contributed by atoms with Crippen LogP contribution in [0.2, 0.25) is 0 Å². The van der Waals surface area contributed by atoms with Crippen LogP contribution in [-0.4, -0.2) is 7.05 Å². The second kappa shape index (κ2) is 6.99. The van der Waals surface area contributed by atoms with Crippen LogP contribution in [0, 0.1) is 11.8 Å². The molecule has 0 radical (unpaired) electrons. The van der Waals surface area contributed by atoms with Crippen LogP contribution in [0.15, 0.2) is 11.8 Å². The standard InChI is InChI=1S/C12H25N/c1-6-11(3)12(4)8-7-10(2)9-13-5/h9,11-13H,6-8H2,1-5H3/b10-9+. The van der Waals surface area contributed by atoms with Crippen molar-refractivity contribution >= 4 is 0 Å². The molecule has 1 heteroatoms. The van der Waals surface area contributed by atoms with Gasteiger partial charge in [0.15, 0.2) is 0 Å². The van der Waals surface area contributed by atoms with Crippen LogP contribution in [0.1, 0.15) is 47.0 Å². The lowest BCUT2D eigenvalue weighted by Gasteiger charge is -2.17. The van der Waals surface area contributed by atoms with E-state index in [1.165, 1.54) is 24.8 Å². The first kappa shape index (κ1) is 12.5. The molecule has 0 aliphatic heterocycles. The average molecular weight is 183 g/mol. The van der Waals surface area contributed by atoms with E-state index in [1.807, 2.05) is 7.05 Å². The zero-order chi connectivity index (χ0) is 10.3. The monoisotopic (exact) mass is 183 g/mol. The summed E-state index contributed by atoms with van der Waals surface area (Å²) in [5.41, 5.74) is 1.46. The zero-order valence-electron chi connectivity index (χ0n) is 9.85. The van der Waals surface area contributed by atoms with Crippen molar-refractivity contribution < 1.29 is 0 Å². The molecule has 0 saturated carbocycles. The van der Waals surface area contributed by atoms with E-state index in [4.69, 9.17) is 0 Å². The highest BCUT2D eigenvalue weighted by molar-refractivity contribution is 4.95. The van der Waals surface area contributed by atoms with E-state index < -0.39 is 0 Å². The van der Waals surface area contributed by atoms with Crippen LogP contribution >= 0.6 is 0 Å². The largest absolute Gasteiger partial charge is 0.394 e. The molecule has 1 nitrogen and oxygen atoms in total. The molecule has 2 unspecified atom stereocenters. The summed E-state index contributed by atoms with van der Waals surface area (Å²) in [6, 6.07) is 0. The molecule has 0 aromatic heterocycles. The number of allylic oxidation sites excluding steroid dienone is 1. The highest BCUT2D eigenvalue weighted by Crippen LogP contribution is 2.21. The molecule has 0 amide bonds. The molecule has 0 aliphatic carbocycles. The summed E-state index contributed by atoms with van der Waals surface area (Å²) in [4.78, 5) is 0. The third-order valence-corrected chi connectivity index (χ3v) is 3.00. The highest BCUT2D eigenvalue weighted by atomic mass is 14.8. The predicted molar refractivity (Wildman–Crippen MR) is 60.7 cm³/mol. The lowest BCUT2D eigenvalue weighted by atomic mass is 9.89. The van der Waals surface area contributed by atoms with E-state index in [0.717, 1.165) is 11.8 Å². The van der Waals surface area contributed by atoms with Crippen molar-refractivity contribution in [2.75, 3.05) is 7.05 Å². The zero-order valence-corrected chi connectivity index (χ0v) is 9.85. The van der Waals surface area contributed by atoms with Crippen LogP contribution in [0.4, 0.5) is 0 Å². The number of hydrogen-bond acceptors (Lipinski definition) is 1.